The van der Waals surface area contributed by atoms with Gasteiger partial charge in [0.05, 0.1) is 11.7 Å². The van der Waals surface area contributed by atoms with Crippen LogP contribution in [0.4, 0.5) is 0 Å². The first-order chi connectivity index (χ1) is 10.5. The van der Waals surface area contributed by atoms with Crippen LogP contribution < -0.4 is 4.72 Å². The van der Waals surface area contributed by atoms with Gasteiger partial charge in [0.1, 0.15) is 12.7 Å². The van der Waals surface area contributed by atoms with Crippen molar-refractivity contribution in [2.45, 2.75) is 49.7 Å². The molecule has 0 bridgehead atoms. The van der Waals surface area contributed by atoms with E-state index >= 15 is 0 Å². The maximum Gasteiger partial charge on any atom is 0.257 e. The van der Waals surface area contributed by atoms with Gasteiger partial charge in [0.2, 0.25) is 0 Å². The van der Waals surface area contributed by atoms with Crippen LogP contribution in [-0.2, 0) is 17.1 Å². The van der Waals surface area contributed by atoms with Gasteiger partial charge in [-0.05, 0) is 38.7 Å². The molecule has 120 valence electrons. The summed E-state index contributed by atoms with van der Waals surface area (Å²) in [6.45, 7) is 1.78. The molecular formula is C13H20N6O2S. The van der Waals surface area contributed by atoms with Crippen LogP contribution in [0, 0.1) is 6.92 Å². The molecule has 1 aliphatic carbocycles. The Hall–Kier alpha value is -1.74. The fourth-order valence-corrected chi connectivity index (χ4v) is 4.49. The van der Waals surface area contributed by atoms with Crippen LogP contribution in [0.5, 0.6) is 0 Å². The number of aryl methyl sites for hydroxylation is 2. The third kappa shape index (κ3) is 3.05. The van der Waals surface area contributed by atoms with Crippen LogP contribution >= 0.6 is 0 Å². The summed E-state index contributed by atoms with van der Waals surface area (Å²) < 4.78 is 30.9. The molecule has 1 N–H and O–H groups in total. The number of aromatic nitrogens is 5. The molecule has 22 heavy (non-hydrogen) atoms. The molecule has 0 spiro atoms. The molecule has 2 aromatic heterocycles. The van der Waals surface area contributed by atoms with E-state index in [0.29, 0.717) is 11.7 Å². The van der Waals surface area contributed by atoms with Crippen LogP contribution in [0.2, 0.25) is 0 Å². The molecule has 1 fully saturated rings. The summed E-state index contributed by atoms with van der Waals surface area (Å²) in [7, 11) is -1.88. The monoisotopic (exact) mass is 324 g/mol. The van der Waals surface area contributed by atoms with E-state index in [1.165, 1.54) is 11.0 Å². The normalized spacial score (nSPS) is 22.8. The average molecular weight is 324 g/mol. The maximum atomic E-state index is 12.4. The zero-order chi connectivity index (χ0) is 15.7. The second-order valence-electron chi connectivity index (χ2n) is 5.75. The number of nitrogens with zero attached hydrogens (tertiary/aromatic N) is 5. The first-order valence-electron chi connectivity index (χ1n) is 7.33. The van der Waals surface area contributed by atoms with Crippen molar-refractivity contribution in [2.75, 3.05) is 0 Å². The Morgan fingerprint density at radius 3 is 2.55 bits per heavy atom. The summed E-state index contributed by atoms with van der Waals surface area (Å²) in [5.74, 6) is 0. The van der Waals surface area contributed by atoms with Crippen molar-refractivity contribution in [1.29, 1.82) is 0 Å². The summed E-state index contributed by atoms with van der Waals surface area (Å²) in [6, 6.07) is 1.85. The maximum absolute atomic E-state index is 12.4. The van der Waals surface area contributed by atoms with Gasteiger partial charge in [-0.15, -0.1) is 0 Å². The van der Waals surface area contributed by atoms with E-state index in [1.54, 1.807) is 26.4 Å². The molecule has 1 aliphatic rings. The summed E-state index contributed by atoms with van der Waals surface area (Å²) in [4.78, 5) is 3.96. The number of hydrogen-bond donors (Lipinski definition) is 1. The van der Waals surface area contributed by atoms with Gasteiger partial charge in [0.15, 0.2) is 5.03 Å². The number of nitrogens with one attached hydrogen (secondary N) is 1. The lowest BCUT2D eigenvalue weighted by Gasteiger charge is -2.28. The van der Waals surface area contributed by atoms with E-state index in [1.807, 2.05) is 4.68 Å². The van der Waals surface area contributed by atoms with Gasteiger partial charge in [-0.1, -0.05) is 0 Å². The van der Waals surface area contributed by atoms with E-state index in [4.69, 9.17) is 0 Å². The highest BCUT2D eigenvalue weighted by Gasteiger charge is 2.28. The SMILES string of the molecule is Cc1cc(S(=O)(=O)NC2CCC(n3cncn3)CC2)n(C)n1. The third-order valence-electron chi connectivity index (χ3n) is 4.06. The van der Waals surface area contributed by atoms with E-state index < -0.39 is 10.0 Å². The minimum Gasteiger partial charge on any atom is -0.256 e. The topological polar surface area (TPSA) is 94.7 Å². The average Bonchev–Trinajstić information content (AvgIpc) is 3.09. The highest BCUT2D eigenvalue weighted by molar-refractivity contribution is 7.89. The van der Waals surface area contributed by atoms with Gasteiger partial charge in [-0.2, -0.15) is 10.2 Å². The second-order valence-corrected chi connectivity index (χ2v) is 7.41. The minimum atomic E-state index is -3.53. The molecule has 0 aromatic carbocycles. The molecule has 2 aromatic rings. The Balaban J connectivity index is 1.64. The molecule has 0 unspecified atom stereocenters. The van der Waals surface area contributed by atoms with Crippen molar-refractivity contribution in [3.63, 3.8) is 0 Å². The highest BCUT2D eigenvalue weighted by Crippen LogP contribution is 2.28. The fraction of sp³-hybridized carbons (Fsp3) is 0.615. The molecule has 8 nitrogen and oxygen atoms in total. The summed E-state index contributed by atoms with van der Waals surface area (Å²) in [6.07, 6.45) is 6.61. The van der Waals surface area contributed by atoms with Crippen molar-refractivity contribution in [3.05, 3.63) is 24.4 Å². The van der Waals surface area contributed by atoms with Crippen LogP contribution in [0.3, 0.4) is 0 Å². The Morgan fingerprint density at radius 1 is 1.27 bits per heavy atom. The molecule has 0 saturated heterocycles. The van der Waals surface area contributed by atoms with Gasteiger partial charge in [0.25, 0.3) is 10.0 Å². The van der Waals surface area contributed by atoms with Crippen molar-refractivity contribution in [3.8, 4) is 0 Å². The lowest BCUT2D eigenvalue weighted by molar-refractivity contribution is 0.293. The van der Waals surface area contributed by atoms with Gasteiger partial charge < -0.3 is 0 Å². The number of sulfonamides is 1. The largest absolute Gasteiger partial charge is 0.257 e. The van der Waals surface area contributed by atoms with Gasteiger partial charge in [0, 0.05) is 13.1 Å². The van der Waals surface area contributed by atoms with E-state index in [2.05, 4.69) is 19.9 Å². The van der Waals surface area contributed by atoms with Crippen molar-refractivity contribution in [1.82, 2.24) is 29.3 Å². The van der Waals surface area contributed by atoms with Crippen LogP contribution in [0.15, 0.2) is 23.7 Å². The smallest absolute Gasteiger partial charge is 0.256 e. The molecule has 3 rings (SSSR count). The van der Waals surface area contributed by atoms with Crippen LogP contribution in [0.1, 0.15) is 37.4 Å². The third-order valence-corrected chi connectivity index (χ3v) is 5.64. The predicted molar refractivity (Wildman–Crippen MR) is 79.6 cm³/mol. The molecule has 2 heterocycles. The standard InChI is InChI=1S/C13H20N6O2S/c1-10-7-13(18(2)16-10)22(20,21)17-11-3-5-12(6-4-11)19-9-14-8-15-19/h7-9,11-12,17H,3-6H2,1-2H3. The van der Waals surface area contributed by atoms with Gasteiger partial charge >= 0.3 is 0 Å². The van der Waals surface area contributed by atoms with E-state index in [9.17, 15) is 8.42 Å². The van der Waals surface area contributed by atoms with Crippen molar-refractivity contribution >= 4 is 10.0 Å². The van der Waals surface area contributed by atoms with E-state index in [0.717, 1.165) is 25.7 Å². The molecule has 1 saturated carbocycles. The lowest BCUT2D eigenvalue weighted by Crippen LogP contribution is -2.38. The van der Waals surface area contributed by atoms with E-state index in [-0.39, 0.29) is 11.1 Å². The molecule has 0 aliphatic heterocycles. The molecule has 9 heteroatoms. The molecule has 0 radical (unpaired) electrons. The summed E-state index contributed by atoms with van der Waals surface area (Å²) >= 11 is 0. The Bertz CT molecular complexity index is 729. The quantitative estimate of drug-likeness (QED) is 0.897. The number of rotatable bonds is 4. The summed E-state index contributed by atoms with van der Waals surface area (Å²) in [5, 5.41) is 8.46. The van der Waals surface area contributed by atoms with Crippen molar-refractivity contribution in [2.24, 2.45) is 7.05 Å². The fourth-order valence-electron chi connectivity index (χ4n) is 2.98. The van der Waals surface area contributed by atoms with Gasteiger partial charge in [-0.25, -0.2) is 22.8 Å². The zero-order valence-corrected chi connectivity index (χ0v) is 13.5. The Morgan fingerprint density at radius 2 is 2.00 bits per heavy atom. The molecule has 0 atom stereocenters. The van der Waals surface area contributed by atoms with Crippen LogP contribution in [0.25, 0.3) is 0 Å². The number of hydrogen-bond acceptors (Lipinski definition) is 5. The summed E-state index contributed by atoms with van der Waals surface area (Å²) in [5.41, 5.74) is 0.692. The highest BCUT2D eigenvalue weighted by atomic mass is 32.2. The van der Waals surface area contributed by atoms with Gasteiger partial charge in [-0.3, -0.25) is 4.68 Å². The first-order valence-corrected chi connectivity index (χ1v) is 8.81. The first kappa shape index (κ1) is 15.2. The predicted octanol–water partition coefficient (Wildman–Crippen LogP) is 0.782. The van der Waals surface area contributed by atoms with Crippen molar-refractivity contribution < 1.29 is 8.42 Å². The minimum absolute atomic E-state index is 0.0417. The molecule has 0 amide bonds. The Labute approximate surface area is 129 Å². The second kappa shape index (κ2) is 5.81. The van der Waals surface area contributed by atoms with Crippen LogP contribution in [-0.4, -0.2) is 39.0 Å². The zero-order valence-electron chi connectivity index (χ0n) is 12.7. The Kier molecular flexibility index (Phi) is 4.00. The lowest BCUT2D eigenvalue weighted by atomic mass is 9.92. The molecular weight excluding hydrogens is 304 g/mol.